The summed E-state index contributed by atoms with van der Waals surface area (Å²) < 4.78 is 0. The zero-order valence-corrected chi connectivity index (χ0v) is 23.4. The van der Waals surface area contributed by atoms with Crippen molar-refractivity contribution < 1.29 is 9.59 Å². The second kappa shape index (κ2) is 17.4. The molecule has 1 aliphatic heterocycles. The average Bonchev–Trinajstić information content (AvgIpc) is 2.92. The number of nitrogens with one attached hydrogen (secondary N) is 1. The summed E-state index contributed by atoms with van der Waals surface area (Å²) in [5.74, 6) is 6.51. The minimum absolute atomic E-state index is 0.00258. The molecule has 4 heteroatoms. The van der Waals surface area contributed by atoms with Gasteiger partial charge in [-0.05, 0) is 30.2 Å². The molecule has 2 aromatic rings. The molecule has 0 bridgehead atoms. The van der Waals surface area contributed by atoms with Gasteiger partial charge in [0.1, 0.15) is 0 Å². The second-order valence-electron chi connectivity index (χ2n) is 10.5. The number of unbranched alkanes of at least 4 members (excludes halogenated alkanes) is 12. The van der Waals surface area contributed by atoms with E-state index in [-0.39, 0.29) is 18.2 Å². The lowest BCUT2D eigenvalue weighted by Gasteiger charge is -2.26. The van der Waals surface area contributed by atoms with Gasteiger partial charge < -0.3 is 10.2 Å². The van der Waals surface area contributed by atoms with Crippen molar-refractivity contribution in [2.24, 2.45) is 0 Å². The highest BCUT2D eigenvalue weighted by molar-refractivity contribution is 5.95. The number of carbonyl (C=O) groups excluding carboxylic acids is 2. The van der Waals surface area contributed by atoms with Crippen molar-refractivity contribution in [2.75, 3.05) is 11.4 Å². The fraction of sp³-hybridized carbons (Fsp3) is 0.529. The maximum Gasteiger partial charge on any atom is 0.229 e. The Balaban J connectivity index is 1.29. The molecule has 0 unspecified atom stereocenters. The predicted octanol–water partition coefficient (Wildman–Crippen LogP) is 7.92. The van der Waals surface area contributed by atoms with E-state index in [0.717, 1.165) is 35.2 Å². The Bertz CT molecular complexity index is 1070. The number of fused-ring (bicyclic) bond motifs is 2. The Morgan fingerprint density at radius 1 is 0.711 bits per heavy atom. The Labute approximate surface area is 230 Å². The van der Waals surface area contributed by atoms with E-state index in [9.17, 15) is 9.59 Å². The van der Waals surface area contributed by atoms with Crippen LogP contribution < -0.4 is 10.2 Å². The molecule has 1 N–H and O–H groups in total. The number of amides is 2. The fourth-order valence-electron chi connectivity index (χ4n) is 5.04. The van der Waals surface area contributed by atoms with Gasteiger partial charge >= 0.3 is 0 Å². The maximum absolute atomic E-state index is 13.2. The first-order valence-electron chi connectivity index (χ1n) is 14.9. The molecule has 0 saturated heterocycles. The second-order valence-corrected chi connectivity index (χ2v) is 10.5. The molecule has 2 amide bonds. The number of anilines is 1. The van der Waals surface area contributed by atoms with Gasteiger partial charge in [-0.2, -0.15) is 0 Å². The maximum atomic E-state index is 13.2. The Morgan fingerprint density at radius 3 is 1.95 bits per heavy atom. The molecule has 0 aromatic heterocycles. The molecule has 4 nitrogen and oxygen atoms in total. The first-order chi connectivity index (χ1) is 18.7. The van der Waals surface area contributed by atoms with Crippen LogP contribution in [0, 0.1) is 11.8 Å². The number of para-hydroxylation sites is 1. The summed E-state index contributed by atoms with van der Waals surface area (Å²) in [5, 5.41) is 2.95. The molecular weight excluding hydrogens is 468 g/mol. The van der Waals surface area contributed by atoms with Crippen molar-refractivity contribution >= 4 is 17.5 Å². The summed E-state index contributed by atoms with van der Waals surface area (Å²) in [4.78, 5) is 27.3. The smallest absolute Gasteiger partial charge is 0.229 e. The predicted molar refractivity (Wildman–Crippen MR) is 158 cm³/mol. The van der Waals surface area contributed by atoms with Crippen molar-refractivity contribution in [3.63, 3.8) is 0 Å². The summed E-state index contributed by atoms with van der Waals surface area (Å²) in [5.41, 5.74) is 3.67. The molecule has 0 radical (unpaired) electrons. The normalized spacial score (nSPS) is 12.0. The van der Waals surface area contributed by atoms with E-state index in [4.69, 9.17) is 0 Å². The Hall–Kier alpha value is -3.06. The van der Waals surface area contributed by atoms with Gasteiger partial charge in [-0.25, -0.2) is 0 Å². The largest absolute Gasteiger partial charge is 0.356 e. The van der Waals surface area contributed by atoms with E-state index in [0.29, 0.717) is 19.5 Å². The van der Waals surface area contributed by atoms with Gasteiger partial charge in [0, 0.05) is 30.5 Å². The minimum atomic E-state index is -0.00258. The van der Waals surface area contributed by atoms with Crippen LogP contribution in [0.2, 0.25) is 0 Å². The van der Waals surface area contributed by atoms with Crippen molar-refractivity contribution in [2.45, 2.75) is 110 Å². The van der Waals surface area contributed by atoms with E-state index in [1.165, 1.54) is 70.6 Å². The van der Waals surface area contributed by atoms with Gasteiger partial charge in [0.15, 0.2) is 0 Å². The first kappa shape index (κ1) is 29.5. The molecule has 0 spiro atoms. The van der Waals surface area contributed by atoms with E-state index < -0.39 is 0 Å². The molecule has 38 heavy (non-hydrogen) atoms. The van der Waals surface area contributed by atoms with E-state index in [1.54, 1.807) is 4.90 Å². The topological polar surface area (TPSA) is 49.4 Å². The number of hydrogen-bond acceptors (Lipinski definition) is 2. The van der Waals surface area contributed by atoms with Crippen molar-refractivity contribution in [3.05, 3.63) is 65.2 Å². The van der Waals surface area contributed by atoms with E-state index in [1.807, 2.05) is 48.5 Å². The van der Waals surface area contributed by atoms with Crippen LogP contribution in [0.1, 0.15) is 120 Å². The summed E-state index contributed by atoms with van der Waals surface area (Å²) in [7, 11) is 0. The van der Waals surface area contributed by atoms with Gasteiger partial charge in [-0.15, -0.1) is 0 Å². The standard InChI is InChI=1S/C34H46N2O2/c1-2-3-4-5-6-7-8-9-10-11-12-13-14-23-33(37)35-27-26-34(38)36-28-31-21-16-15-19-29(31)24-25-30-20-17-18-22-32(30)36/h15-22H,2-14,23,26-28H2,1H3,(H,35,37). The summed E-state index contributed by atoms with van der Waals surface area (Å²) in [6.45, 7) is 3.11. The lowest BCUT2D eigenvalue weighted by molar-refractivity contribution is -0.121. The van der Waals surface area contributed by atoms with Gasteiger partial charge in [-0.1, -0.05) is 126 Å². The van der Waals surface area contributed by atoms with Crippen molar-refractivity contribution in [1.82, 2.24) is 5.32 Å². The number of carbonyl (C=O) groups is 2. The molecule has 1 aliphatic rings. The highest BCUT2D eigenvalue weighted by Crippen LogP contribution is 2.25. The van der Waals surface area contributed by atoms with Crippen LogP contribution in [0.4, 0.5) is 5.69 Å². The van der Waals surface area contributed by atoms with Crippen molar-refractivity contribution in [1.29, 1.82) is 0 Å². The Morgan fingerprint density at radius 2 is 1.26 bits per heavy atom. The molecule has 0 aliphatic carbocycles. The zero-order chi connectivity index (χ0) is 26.8. The number of hydrogen-bond donors (Lipinski definition) is 1. The quantitative estimate of drug-likeness (QED) is 0.172. The highest BCUT2D eigenvalue weighted by Gasteiger charge is 2.21. The summed E-state index contributed by atoms with van der Waals surface area (Å²) in [6.07, 6.45) is 17.7. The van der Waals surface area contributed by atoms with Crippen LogP contribution in [-0.4, -0.2) is 18.4 Å². The van der Waals surface area contributed by atoms with Crippen LogP contribution in [0.5, 0.6) is 0 Å². The highest BCUT2D eigenvalue weighted by atomic mass is 16.2. The molecule has 0 atom stereocenters. The van der Waals surface area contributed by atoms with Crippen molar-refractivity contribution in [3.8, 4) is 11.8 Å². The van der Waals surface area contributed by atoms with Gasteiger partial charge in [0.05, 0.1) is 12.2 Å². The van der Waals surface area contributed by atoms with Crippen LogP contribution >= 0.6 is 0 Å². The number of benzene rings is 2. The fourth-order valence-corrected chi connectivity index (χ4v) is 5.04. The molecular formula is C34H46N2O2. The number of nitrogens with zero attached hydrogens (tertiary/aromatic N) is 1. The third-order valence-electron chi connectivity index (χ3n) is 7.34. The van der Waals surface area contributed by atoms with Gasteiger partial charge in [0.2, 0.25) is 11.8 Å². The SMILES string of the molecule is CCCCCCCCCCCCCCCC(=O)NCCC(=O)N1Cc2ccccc2C#Cc2ccccc21. The monoisotopic (exact) mass is 514 g/mol. The van der Waals surface area contributed by atoms with Crippen LogP contribution in [0.25, 0.3) is 0 Å². The zero-order valence-electron chi connectivity index (χ0n) is 23.4. The molecule has 0 fully saturated rings. The Kier molecular flexibility index (Phi) is 13.5. The third kappa shape index (κ3) is 10.4. The molecule has 3 rings (SSSR count). The van der Waals surface area contributed by atoms with Crippen LogP contribution in [-0.2, 0) is 16.1 Å². The van der Waals surface area contributed by atoms with Crippen LogP contribution in [0.15, 0.2) is 48.5 Å². The lowest BCUT2D eigenvalue weighted by atomic mass is 10.0. The van der Waals surface area contributed by atoms with E-state index >= 15 is 0 Å². The number of rotatable bonds is 17. The molecule has 1 heterocycles. The molecule has 0 saturated carbocycles. The molecule has 204 valence electrons. The lowest BCUT2D eigenvalue weighted by Crippen LogP contribution is -2.35. The van der Waals surface area contributed by atoms with Gasteiger partial charge in [-0.3, -0.25) is 9.59 Å². The van der Waals surface area contributed by atoms with Gasteiger partial charge in [0.25, 0.3) is 0 Å². The average molecular weight is 515 g/mol. The summed E-state index contributed by atoms with van der Waals surface area (Å²) in [6, 6.07) is 15.8. The summed E-state index contributed by atoms with van der Waals surface area (Å²) >= 11 is 0. The first-order valence-corrected chi connectivity index (χ1v) is 14.9. The molecule has 2 aromatic carbocycles. The third-order valence-corrected chi connectivity index (χ3v) is 7.34. The van der Waals surface area contributed by atoms with E-state index in [2.05, 4.69) is 24.1 Å². The minimum Gasteiger partial charge on any atom is -0.356 e. The van der Waals surface area contributed by atoms with Crippen LogP contribution in [0.3, 0.4) is 0 Å².